The highest BCUT2D eigenvalue weighted by Gasteiger charge is 2.27. The van der Waals surface area contributed by atoms with Gasteiger partial charge in [-0.15, -0.1) is 10.2 Å². The van der Waals surface area contributed by atoms with Gasteiger partial charge in [-0.3, -0.25) is 4.90 Å². The molecule has 1 heterocycles. The fourth-order valence-corrected chi connectivity index (χ4v) is 2.55. The number of benzene rings is 1. The third-order valence-corrected chi connectivity index (χ3v) is 3.69. The summed E-state index contributed by atoms with van der Waals surface area (Å²) in [5.74, 6) is 0.568. The molecule has 1 atom stereocenters. The fraction of sp³-hybridized carbons (Fsp3) is 0.333. The largest absolute Gasteiger partial charge is 0.423 e. The predicted molar refractivity (Wildman–Crippen MR) is 102 cm³/mol. The average molecular weight is 356 g/mol. The minimum absolute atomic E-state index is 0.104. The molecule has 4 N–H and O–H groups in total. The van der Waals surface area contributed by atoms with Crippen LogP contribution in [0.25, 0.3) is 0 Å². The van der Waals surface area contributed by atoms with Crippen molar-refractivity contribution in [3.63, 3.8) is 0 Å². The Hall–Kier alpha value is -3.00. The quantitative estimate of drug-likeness (QED) is 0.466. The van der Waals surface area contributed by atoms with Crippen LogP contribution in [-0.4, -0.2) is 36.0 Å². The number of aromatic nitrogens is 1. The molecule has 0 spiro atoms. The molecular formula is C18H24N6O2. The molecule has 8 nitrogen and oxygen atoms in total. The van der Waals surface area contributed by atoms with E-state index in [2.05, 4.69) is 15.2 Å². The summed E-state index contributed by atoms with van der Waals surface area (Å²) in [5, 5.41) is 8.22. The maximum atomic E-state index is 12.5. The molecular weight excluding hydrogens is 332 g/mol. The number of esters is 1. The van der Waals surface area contributed by atoms with Crippen molar-refractivity contribution in [2.75, 3.05) is 25.6 Å². The molecule has 0 aliphatic carbocycles. The number of para-hydroxylation sites is 1. The van der Waals surface area contributed by atoms with Crippen molar-refractivity contribution in [2.24, 2.45) is 16.1 Å². The number of pyridine rings is 1. The van der Waals surface area contributed by atoms with Crippen LogP contribution in [0.3, 0.4) is 0 Å². The van der Waals surface area contributed by atoms with Crippen molar-refractivity contribution in [1.29, 1.82) is 0 Å². The smallest absolute Gasteiger partial charge is 0.329 e. The summed E-state index contributed by atoms with van der Waals surface area (Å²) in [7, 11) is 3.68. The zero-order chi connectivity index (χ0) is 19.3. The number of likely N-dealkylation sites (N-methyl/N-ethyl adjacent to an activating group) is 1. The van der Waals surface area contributed by atoms with Gasteiger partial charge in [0.1, 0.15) is 23.2 Å². The van der Waals surface area contributed by atoms with E-state index in [1.807, 2.05) is 32.8 Å². The Balaban J connectivity index is 2.25. The summed E-state index contributed by atoms with van der Waals surface area (Å²) in [6.07, 6.45) is 0. The van der Waals surface area contributed by atoms with Gasteiger partial charge in [-0.05, 0) is 44.3 Å². The average Bonchev–Trinajstić information content (AvgIpc) is 2.54. The molecule has 26 heavy (non-hydrogen) atoms. The maximum absolute atomic E-state index is 12.5. The number of nitrogen functional groups attached to an aromatic ring is 2. The number of azo groups is 1. The van der Waals surface area contributed by atoms with Crippen molar-refractivity contribution >= 4 is 29.0 Å². The molecule has 0 saturated heterocycles. The van der Waals surface area contributed by atoms with Gasteiger partial charge < -0.3 is 16.2 Å². The number of nitrogens with zero attached hydrogens (tertiary/aromatic N) is 4. The lowest BCUT2D eigenvalue weighted by atomic mass is 10.0. The van der Waals surface area contributed by atoms with E-state index in [-0.39, 0.29) is 23.7 Å². The normalized spacial score (nSPS) is 12.7. The minimum atomic E-state index is -0.364. The Morgan fingerprint density at radius 1 is 1.08 bits per heavy atom. The predicted octanol–water partition coefficient (Wildman–Crippen LogP) is 3.15. The van der Waals surface area contributed by atoms with Gasteiger partial charge in [-0.2, -0.15) is 0 Å². The molecule has 0 bridgehead atoms. The minimum Gasteiger partial charge on any atom is -0.423 e. The van der Waals surface area contributed by atoms with E-state index in [9.17, 15) is 4.79 Å². The molecule has 138 valence electrons. The molecule has 0 saturated carbocycles. The third-order valence-electron chi connectivity index (χ3n) is 3.69. The van der Waals surface area contributed by atoms with E-state index in [4.69, 9.17) is 16.2 Å². The number of carbonyl (C=O) groups is 1. The van der Waals surface area contributed by atoms with Gasteiger partial charge in [0.15, 0.2) is 11.6 Å². The summed E-state index contributed by atoms with van der Waals surface area (Å²) in [4.78, 5) is 18.3. The Morgan fingerprint density at radius 3 is 2.35 bits per heavy atom. The lowest BCUT2D eigenvalue weighted by molar-refractivity contribution is -0.141. The number of hydrogen-bond donors (Lipinski definition) is 2. The van der Waals surface area contributed by atoms with Crippen LogP contribution in [0.5, 0.6) is 5.75 Å². The van der Waals surface area contributed by atoms with E-state index in [0.29, 0.717) is 22.9 Å². The summed E-state index contributed by atoms with van der Waals surface area (Å²) in [6.45, 7) is 3.93. The number of rotatable bonds is 6. The molecule has 8 heteroatoms. The van der Waals surface area contributed by atoms with Gasteiger partial charge in [0.2, 0.25) is 0 Å². The second kappa shape index (κ2) is 8.39. The molecule has 0 aliphatic heterocycles. The molecule has 2 rings (SSSR count). The Morgan fingerprint density at radius 2 is 1.73 bits per heavy atom. The third kappa shape index (κ3) is 4.76. The molecule has 2 aromatic rings. The molecule has 1 aromatic carbocycles. The summed E-state index contributed by atoms with van der Waals surface area (Å²) < 4.78 is 5.57. The highest BCUT2D eigenvalue weighted by atomic mass is 16.5. The van der Waals surface area contributed by atoms with Crippen molar-refractivity contribution < 1.29 is 9.53 Å². The first-order valence-corrected chi connectivity index (χ1v) is 8.20. The molecule has 0 aliphatic rings. The van der Waals surface area contributed by atoms with Crippen LogP contribution in [0.2, 0.25) is 0 Å². The van der Waals surface area contributed by atoms with Crippen LogP contribution < -0.4 is 16.2 Å². The number of carbonyl (C=O) groups excluding carboxylic acids is 1. The number of hydrogen-bond acceptors (Lipinski definition) is 8. The monoisotopic (exact) mass is 356 g/mol. The van der Waals surface area contributed by atoms with Gasteiger partial charge in [-0.1, -0.05) is 26.0 Å². The van der Waals surface area contributed by atoms with E-state index < -0.39 is 0 Å². The summed E-state index contributed by atoms with van der Waals surface area (Å²) >= 11 is 0. The van der Waals surface area contributed by atoms with Crippen LogP contribution in [-0.2, 0) is 4.79 Å². The maximum Gasteiger partial charge on any atom is 0.329 e. The molecule has 0 amide bonds. The summed E-state index contributed by atoms with van der Waals surface area (Å²) in [5.41, 5.74) is 12.1. The van der Waals surface area contributed by atoms with E-state index in [1.165, 1.54) is 0 Å². The van der Waals surface area contributed by atoms with Crippen molar-refractivity contribution in [1.82, 2.24) is 9.88 Å². The molecule has 0 radical (unpaired) electrons. The number of ether oxygens (including phenoxy) is 1. The first kappa shape index (κ1) is 19.3. The SMILES string of the molecule is CC(C)[C@H](C(=O)Oc1ccccc1N=Nc1ccc(N)nc1N)N(C)C. The van der Waals surface area contributed by atoms with Gasteiger partial charge in [0.25, 0.3) is 0 Å². The number of anilines is 2. The standard InChI is InChI=1S/C18H24N6O2/c1-11(2)16(24(3)4)18(25)26-14-8-6-5-7-12(14)22-23-13-9-10-15(19)21-17(13)20/h5-11,16H,1-4H3,(H4,19,20,21)/t16-/m1/s1. The first-order valence-electron chi connectivity index (χ1n) is 8.20. The molecule has 0 fully saturated rings. The van der Waals surface area contributed by atoms with Crippen LogP contribution >= 0.6 is 0 Å². The van der Waals surface area contributed by atoms with Gasteiger partial charge >= 0.3 is 5.97 Å². The van der Waals surface area contributed by atoms with Gasteiger partial charge in [0, 0.05) is 0 Å². The topological polar surface area (TPSA) is 119 Å². The second-order valence-electron chi connectivity index (χ2n) is 6.38. The highest BCUT2D eigenvalue weighted by Crippen LogP contribution is 2.31. The van der Waals surface area contributed by atoms with Crippen LogP contribution in [0, 0.1) is 5.92 Å². The van der Waals surface area contributed by atoms with Gasteiger partial charge in [-0.25, -0.2) is 9.78 Å². The lowest BCUT2D eigenvalue weighted by Crippen LogP contribution is -2.42. The fourth-order valence-electron chi connectivity index (χ4n) is 2.55. The molecule has 0 unspecified atom stereocenters. The van der Waals surface area contributed by atoms with Crippen LogP contribution in [0.4, 0.5) is 23.0 Å². The van der Waals surface area contributed by atoms with Crippen molar-refractivity contribution in [3.05, 3.63) is 36.4 Å². The zero-order valence-electron chi connectivity index (χ0n) is 15.4. The first-order chi connectivity index (χ1) is 12.3. The van der Waals surface area contributed by atoms with E-state index >= 15 is 0 Å². The van der Waals surface area contributed by atoms with Crippen LogP contribution in [0.15, 0.2) is 46.6 Å². The van der Waals surface area contributed by atoms with E-state index in [0.717, 1.165) is 0 Å². The Bertz CT molecular complexity index is 796. The molecule has 1 aromatic heterocycles. The Labute approximate surface area is 152 Å². The number of nitrogens with two attached hydrogens (primary N) is 2. The van der Waals surface area contributed by atoms with E-state index in [1.54, 1.807) is 36.4 Å². The van der Waals surface area contributed by atoms with Crippen molar-refractivity contribution in [3.8, 4) is 5.75 Å². The second-order valence-corrected chi connectivity index (χ2v) is 6.38. The zero-order valence-corrected chi connectivity index (χ0v) is 15.4. The van der Waals surface area contributed by atoms with Gasteiger partial charge in [0.05, 0.1) is 0 Å². The van der Waals surface area contributed by atoms with Crippen LogP contribution in [0.1, 0.15) is 13.8 Å². The summed E-state index contributed by atoms with van der Waals surface area (Å²) in [6, 6.07) is 9.76. The highest BCUT2D eigenvalue weighted by molar-refractivity contribution is 5.79. The van der Waals surface area contributed by atoms with Crippen molar-refractivity contribution in [2.45, 2.75) is 19.9 Å². The lowest BCUT2D eigenvalue weighted by Gasteiger charge is -2.25. The Kier molecular flexibility index (Phi) is 6.24.